The number of carboxylic acid groups (broad SMARTS) is 1. The van der Waals surface area contributed by atoms with E-state index in [4.69, 9.17) is 16.7 Å². The van der Waals surface area contributed by atoms with Crippen molar-refractivity contribution in [3.05, 3.63) is 41.1 Å². The molecule has 1 heterocycles. The summed E-state index contributed by atoms with van der Waals surface area (Å²) in [6.07, 6.45) is 4.34. The molecule has 2 N–H and O–H groups in total. The fourth-order valence-corrected chi connectivity index (χ4v) is 1.74. The highest BCUT2D eigenvalue weighted by atomic mass is 35.5. The van der Waals surface area contributed by atoms with Crippen molar-refractivity contribution < 1.29 is 9.90 Å². The Morgan fingerprint density at radius 1 is 1.47 bits per heavy atom. The first-order valence-corrected chi connectivity index (χ1v) is 4.73. The first-order chi connectivity index (χ1) is 7.18. The Labute approximate surface area is 91.0 Å². The summed E-state index contributed by atoms with van der Waals surface area (Å²) in [6.45, 7) is 0. The van der Waals surface area contributed by atoms with E-state index < -0.39 is 5.97 Å². The lowest BCUT2D eigenvalue weighted by atomic mass is 10.1. The van der Waals surface area contributed by atoms with Crippen molar-refractivity contribution in [2.24, 2.45) is 0 Å². The van der Waals surface area contributed by atoms with Gasteiger partial charge in [-0.05, 0) is 18.2 Å². The van der Waals surface area contributed by atoms with Crippen molar-refractivity contribution in [1.29, 1.82) is 0 Å². The highest BCUT2D eigenvalue weighted by Crippen LogP contribution is 2.27. The molecule has 0 radical (unpaired) electrons. The molecule has 0 aliphatic heterocycles. The molecule has 76 valence electrons. The Morgan fingerprint density at radius 2 is 2.27 bits per heavy atom. The number of aliphatic carboxylic acids is 1. The fraction of sp³-hybridized carbons (Fsp3) is 0. The molecule has 1 aromatic heterocycles. The van der Waals surface area contributed by atoms with E-state index in [2.05, 4.69) is 4.98 Å². The van der Waals surface area contributed by atoms with Crippen molar-refractivity contribution in [3.8, 4) is 0 Å². The van der Waals surface area contributed by atoms with E-state index in [-0.39, 0.29) is 0 Å². The third-order valence-corrected chi connectivity index (χ3v) is 2.41. The molecule has 0 spiro atoms. The maximum Gasteiger partial charge on any atom is 0.328 e. The monoisotopic (exact) mass is 221 g/mol. The summed E-state index contributed by atoms with van der Waals surface area (Å²) in [5.74, 6) is -0.976. The molecule has 0 atom stereocenters. The summed E-state index contributed by atoms with van der Waals surface area (Å²) >= 11 is 6.02. The highest BCUT2D eigenvalue weighted by molar-refractivity contribution is 6.36. The normalized spacial score (nSPS) is 11.3. The number of carbonyl (C=O) groups is 1. The van der Waals surface area contributed by atoms with E-state index in [1.807, 2.05) is 12.1 Å². The first-order valence-electron chi connectivity index (χ1n) is 4.35. The van der Waals surface area contributed by atoms with Gasteiger partial charge in [-0.2, -0.15) is 0 Å². The van der Waals surface area contributed by atoms with Crippen LogP contribution < -0.4 is 0 Å². The number of aromatic nitrogens is 1. The molecule has 2 rings (SSSR count). The van der Waals surface area contributed by atoms with E-state index in [9.17, 15) is 4.79 Å². The van der Waals surface area contributed by atoms with Crippen LogP contribution in [0.15, 0.2) is 30.5 Å². The lowest BCUT2D eigenvalue weighted by Gasteiger charge is -1.94. The molecule has 4 heteroatoms. The summed E-state index contributed by atoms with van der Waals surface area (Å²) in [7, 11) is 0. The summed E-state index contributed by atoms with van der Waals surface area (Å²) in [6, 6.07) is 5.50. The van der Waals surface area contributed by atoms with Crippen LogP contribution in [-0.4, -0.2) is 16.1 Å². The van der Waals surface area contributed by atoms with Crippen LogP contribution in [-0.2, 0) is 4.79 Å². The number of rotatable bonds is 2. The second-order valence-electron chi connectivity index (χ2n) is 3.08. The van der Waals surface area contributed by atoms with Crippen LogP contribution in [0.5, 0.6) is 0 Å². The minimum atomic E-state index is -0.976. The van der Waals surface area contributed by atoms with Gasteiger partial charge in [-0.1, -0.05) is 17.7 Å². The molecule has 0 fully saturated rings. The average Bonchev–Trinajstić information content (AvgIpc) is 2.59. The number of benzene rings is 1. The minimum Gasteiger partial charge on any atom is -0.478 e. The highest BCUT2D eigenvalue weighted by Gasteiger charge is 2.04. The van der Waals surface area contributed by atoms with Gasteiger partial charge in [0, 0.05) is 28.7 Å². The maximum atomic E-state index is 10.4. The molecular weight excluding hydrogens is 214 g/mol. The number of halogens is 1. The fourth-order valence-electron chi connectivity index (χ4n) is 1.46. The van der Waals surface area contributed by atoms with Gasteiger partial charge in [0.05, 0.1) is 5.02 Å². The van der Waals surface area contributed by atoms with E-state index in [0.29, 0.717) is 5.02 Å². The van der Waals surface area contributed by atoms with E-state index >= 15 is 0 Å². The molecule has 3 nitrogen and oxygen atoms in total. The number of aromatic amines is 1. The molecule has 0 bridgehead atoms. The topological polar surface area (TPSA) is 53.1 Å². The largest absolute Gasteiger partial charge is 0.478 e. The summed E-state index contributed by atoms with van der Waals surface area (Å²) < 4.78 is 0. The predicted molar refractivity (Wildman–Crippen MR) is 60.0 cm³/mol. The summed E-state index contributed by atoms with van der Waals surface area (Å²) in [5, 5.41) is 9.98. The SMILES string of the molecule is O=C(O)/C=C/c1c[nH]c2cccc(Cl)c12. The second kappa shape index (κ2) is 3.79. The van der Waals surface area contributed by atoms with Gasteiger partial charge in [0.1, 0.15) is 0 Å². The van der Waals surface area contributed by atoms with Gasteiger partial charge in [-0.25, -0.2) is 4.79 Å². The molecule has 0 aliphatic carbocycles. The first kappa shape index (κ1) is 9.80. The molecule has 0 aliphatic rings. The van der Waals surface area contributed by atoms with Crippen LogP contribution in [0.3, 0.4) is 0 Å². The van der Waals surface area contributed by atoms with Crippen molar-refractivity contribution in [3.63, 3.8) is 0 Å². The lowest BCUT2D eigenvalue weighted by Crippen LogP contribution is -1.85. The standard InChI is InChI=1S/C11H8ClNO2/c12-8-2-1-3-9-11(8)7(6-13-9)4-5-10(14)15/h1-6,13H,(H,14,15)/b5-4+. The Morgan fingerprint density at radius 3 is 3.00 bits per heavy atom. The smallest absolute Gasteiger partial charge is 0.328 e. The molecule has 0 saturated heterocycles. The van der Waals surface area contributed by atoms with Crippen molar-refractivity contribution in [2.75, 3.05) is 0 Å². The van der Waals surface area contributed by atoms with Crippen LogP contribution in [0.25, 0.3) is 17.0 Å². The van der Waals surface area contributed by atoms with Gasteiger partial charge in [-0.15, -0.1) is 0 Å². The van der Waals surface area contributed by atoms with Crippen LogP contribution in [0, 0.1) is 0 Å². The van der Waals surface area contributed by atoms with Crippen LogP contribution in [0.4, 0.5) is 0 Å². The zero-order chi connectivity index (χ0) is 10.8. The van der Waals surface area contributed by atoms with Gasteiger partial charge in [0.2, 0.25) is 0 Å². The molecule has 15 heavy (non-hydrogen) atoms. The van der Waals surface area contributed by atoms with Gasteiger partial charge in [0.15, 0.2) is 0 Å². The molecule has 0 amide bonds. The molecule has 0 unspecified atom stereocenters. The predicted octanol–water partition coefficient (Wildman–Crippen LogP) is 2.92. The minimum absolute atomic E-state index is 0.610. The van der Waals surface area contributed by atoms with E-state index in [1.165, 1.54) is 6.08 Å². The van der Waals surface area contributed by atoms with Gasteiger partial charge in [-0.3, -0.25) is 0 Å². The third-order valence-electron chi connectivity index (χ3n) is 2.09. The van der Waals surface area contributed by atoms with Gasteiger partial charge in [0.25, 0.3) is 0 Å². The maximum absolute atomic E-state index is 10.4. The number of carboxylic acids is 1. The number of hydrogen-bond donors (Lipinski definition) is 2. The number of fused-ring (bicyclic) bond motifs is 1. The second-order valence-corrected chi connectivity index (χ2v) is 3.49. The number of hydrogen-bond acceptors (Lipinski definition) is 1. The Kier molecular flexibility index (Phi) is 2.47. The van der Waals surface area contributed by atoms with Crippen LogP contribution in [0.1, 0.15) is 5.56 Å². The Balaban J connectivity index is 2.57. The quantitative estimate of drug-likeness (QED) is 0.766. The molecular formula is C11H8ClNO2. The van der Waals surface area contributed by atoms with Gasteiger partial charge < -0.3 is 10.1 Å². The van der Waals surface area contributed by atoms with Crippen molar-refractivity contribution in [2.45, 2.75) is 0 Å². The number of nitrogens with one attached hydrogen (secondary N) is 1. The Hall–Kier alpha value is -1.74. The zero-order valence-electron chi connectivity index (χ0n) is 7.70. The van der Waals surface area contributed by atoms with Crippen LogP contribution in [0.2, 0.25) is 5.02 Å². The van der Waals surface area contributed by atoms with Crippen molar-refractivity contribution in [1.82, 2.24) is 4.98 Å². The van der Waals surface area contributed by atoms with Gasteiger partial charge >= 0.3 is 5.97 Å². The summed E-state index contributed by atoms with van der Waals surface area (Å²) in [5.41, 5.74) is 1.67. The lowest BCUT2D eigenvalue weighted by molar-refractivity contribution is -0.131. The van der Waals surface area contributed by atoms with E-state index in [0.717, 1.165) is 22.5 Å². The summed E-state index contributed by atoms with van der Waals surface area (Å²) in [4.78, 5) is 13.4. The van der Waals surface area contributed by atoms with Crippen LogP contribution >= 0.6 is 11.6 Å². The molecule has 0 saturated carbocycles. The number of H-pyrrole nitrogens is 1. The molecule has 1 aromatic carbocycles. The van der Waals surface area contributed by atoms with Crippen molar-refractivity contribution >= 4 is 34.5 Å². The molecule has 2 aromatic rings. The third kappa shape index (κ3) is 1.87. The zero-order valence-corrected chi connectivity index (χ0v) is 8.45. The Bertz CT molecular complexity index is 543. The average molecular weight is 222 g/mol. The van der Waals surface area contributed by atoms with E-state index in [1.54, 1.807) is 12.3 Å².